The van der Waals surface area contributed by atoms with Crippen LogP contribution in [-0.2, 0) is 4.43 Å². The largest absolute Gasteiger partial charge is 0.412 e. The molecule has 1 heterocycles. The fourth-order valence-electron chi connectivity index (χ4n) is 1.45. The maximum atomic E-state index is 5.88. The van der Waals surface area contributed by atoms with E-state index in [1.54, 1.807) is 0 Å². The zero-order valence-corrected chi connectivity index (χ0v) is 7.82. The first-order valence-corrected chi connectivity index (χ1v) is 6.73. The number of hydrogen-bond donors (Lipinski definition) is 0. The molecule has 0 unspecified atom stereocenters. The Labute approximate surface area is 58.5 Å². The summed E-state index contributed by atoms with van der Waals surface area (Å²) in [7, 11) is -1.18. The highest BCUT2D eigenvalue weighted by Gasteiger charge is 2.38. The molecular weight excluding hydrogens is 128 g/mol. The summed E-state index contributed by atoms with van der Waals surface area (Å²) in [6.07, 6.45) is 1.26. The van der Waals surface area contributed by atoms with E-state index in [2.05, 4.69) is 26.9 Å². The number of hydrogen-bond acceptors (Lipinski definition) is 1. The molecule has 1 nitrogen and oxygen atoms in total. The van der Waals surface area contributed by atoms with Crippen molar-refractivity contribution >= 4 is 8.32 Å². The average molecular weight is 144 g/mol. The Balaban J connectivity index is 2.58. The monoisotopic (exact) mass is 144 g/mol. The summed E-state index contributed by atoms with van der Waals surface area (Å²) in [6.45, 7) is 8.97. The average Bonchev–Trinajstić information content (AvgIpc) is 1.78. The molecule has 1 fully saturated rings. The molecule has 0 spiro atoms. The van der Waals surface area contributed by atoms with Crippen molar-refractivity contribution in [2.24, 2.45) is 0 Å². The van der Waals surface area contributed by atoms with E-state index < -0.39 is 8.32 Å². The van der Waals surface area contributed by atoms with Crippen LogP contribution in [0.2, 0.25) is 19.1 Å². The van der Waals surface area contributed by atoms with E-state index in [9.17, 15) is 0 Å². The minimum Gasteiger partial charge on any atom is -0.412 e. The van der Waals surface area contributed by atoms with Crippen LogP contribution >= 0.6 is 0 Å². The highest BCUT2D eigenvalue weighted by atomic mass is 28.4. The summed E-state index contributed by atoms with van der Waals surface area (Å²) in [6, 6.07) is 1.33. The maximum Gasteiger partial charge on any atom is 0.187 e. The third-order valence-electron chi connectivity index (χ3n) is 1.88. The lowest BCUT2D eigenvalue weighted by atomic mass is 10.1. The molecule has 0 bridgehead atoms. The van der Waals surface area contributed by atoms with Crippen molar-refractivity contribution in [2.45, 2.75) is 45.0 Å². The van der Waals surface area contributed by atoms with Crippen molar-refractivity contribution < 1.29 is 4.43 Å². The smallest absolute Gasteiger partial charge is 0.187 e. The molecule has 1 saturated heterocycles. The quantitative estimate of drug-likeness (QED) is 0.474. The fraction of sp³-hybridized carbons (Fsp3) is 1.00. The van der Waals surface area contributed by atoms with Gasteiger partial charge in [0.2, 0.25) is 0 Å². The van der Waals surface area contributed by atoms with Crippen LogP contribution in [0.1, 0.15) is 20.3 Å². The zero-order chi connectivity index (χ0) is 7.12. The van der Waals surface area contributed by atoms with Gasteiger partial charge in [0.15, 0.2) is 8.32 Å². The molecule has 0 aromatic carbocycles. The topological polar surface area (TPSA) is 9.23 Å². The molecule has 0 aromatic heterocycles. The second-order valence-corrected chi connectivity index (χ2v) is 8.34. The molecule has 0 N–H and O–H groups in total. The van der Waals surface area contributed by atoms with Crippen LogP contribution in [0.15, 0.2) is 0 Å². The Kier molecular flexibility index (Phi) is 1.48. The van der Waals surface area contributed by atoms with Gasteiger partial charge in [-0.3, -0.25) is 0 Å². The normalized spacial score (nSPS) is 30.7. The first-order chi connectivity index (χ1) is 3.91. The van der Waals surface area contributed by atoms with Gasteiger partial charge in [0, 0.05) is 0 Å². The SMILES string of the molecule is CC1(C)CC[Si](C)(C)O1. The summed E-state index contributed by atoms with van der Waals surface area (Å²) in [4.78, 5) is 0. The van der Waals surface area contributed by atoms with E-state index in [0.29, 0.717) is 0 Å². The van der Waals surface area contributed by atoms with Crippen LogP contribution in [-0.4, -0.2) is 13.9 Å². The Hall–Kier alpha value is 0.177. The summed E-state index contributed by atoms with van der Waals surface area (Å²) < 4.78 is 5.88. The summed E-state index contributed by atoms with van der Waals surface area (Å²) >= 11 is 0. The second kappa shape index (κ2) is 1.83. The van der Waals surface area contributed by atoms with Crippen molar-refractivity contribution in [3.63, 3.8) is 0 Å². The fourth-order valence-corrected chi connectivity index (χ4v) is 4.36. The van der Waals surface area contributed by atoms with Crippen molar-refractivity contribution in [3.8, 4) is 0 Å². The first-order valence-electron chi connectivity index (χ1n) is 3.62. The van der Waals surface area contributed by atoms with Gasteiger partial charge >= 0.3 is 0 Å². The summed E-state index contributed by atoms with van der Waals surface area (Å²) in [5, 5.41) is 0. The molecule has 0 aromatic rings. The van der Waals surface area contributed by atoms with Gasteiger partial charge in [-0.2, -0.15) is 0 Å². The van der Waals surface area contributed by atoms with E-state index in [1.807, 2.05) is 0 Å². The van der Waals surface area contributed by atoms with Crippen molar-refractivity contribution in [1.82, 2.24) is 0 Å². The lowest BCUT2D eigenvalue weighted by Gasteiger charge is -2.22. The minimum absolute atomic E-state index is 0.190. The molecule has 1 aliphatic heterocycles. The van der Waals surface area contributed by atoms with Crippen molar-refractivity contribution in [2.75, 3.05) is 0 Å². The molecule has 0 saturated carbocycles. The predicted molar refractivity (Wildman–Crippen MR) is 42.1 cm³/mol. The molecule has 2 heteroatoms. The predicted octanol–water partition coefficient (Wildman–Crippen LogP) is 2.39. The molecule has 0 atom stereocenters. The lowest BCUT2D eigenvalue weighted by molar-refractivity contribution is 0.128. The molecule has 1 rings (SSSR count). The van der Waals surface area contributed by atoms with Crippen LogP contribution < -0.4 is 0 Å². The van der Waals surface area contributed by atoms with Gasteiger partial charge in [-0.25, -0.2) is 0 Å². The molecule has 0 aliphatic carbocycles. The zero-order valence-electron chi connectivity index (χ0n) is 6.82. The minimum atomic E-state index is -1.18. The Morgan fingerprint density at radius 2 is 1.89 bits per heavy atom. The molecule has 1 aliphatic rings. The van der Waals surface area contributed by atoms with Gasteiger partial charge < -0.3 is 4.43 Å². The van der Waals surface area contributed by atoms with Gasteiger partial charge in [0.1, 0.15) is 0 Å². The van der Waals surface area contributed by atoms with Gasteiger partial charge in [-0.1, -0.05) is 0 Å². The highest BCUT2D eigenvalue weighted by molar-refractivity contribution is 6.71. The number of rotatable bonds is 0. The molecular formula is C7H16OSi. The Morgan fingerprint density at radius 3 is 2.00 bits per heavy atom. The molecule has 9 heavy (non-hydrogen) atoms. The molecule has 0 radical (unpaired) electrons. The third kappa shape index (κ3) is 1.80. The van der Waals surface area contributed by atoms with Gasteiger partial charge in [0.05, 0.1) is 5.60 Å². The standard InChI is InChI=1S/C7H16OSi/c1-7(2)5-6-9(3,4)8-7/h5-6H2,1-4H3. The Morgan fingerprint density at radius 1 is 1.33 bits per heavy atom. The van der Waals surface area contributed by atoms with Crippen LogP contribution in [0.5, 0.6) is 0 Å². The van der Waals surface area contributed by atoms with Crippen LogP contribution in [0.25, 0.3) is 0 Å². The molecule has 0 amide bonds. The Bertz CT molecular complexity index is 104. The van der Waals surface area contributed by atoms with Crippen molar-refractivity contribution in [3.05, 3.63) is 0 Å². The van der Waals surface area contributed by atoms with Gasteiger partial charge in [-0.15, -0.1) is 0 Å². The summed E-state index contributed by atoms with van der Waals surface area (Å²) in [5.74, 6) is 0. The van der Waals surface area contributed by atoms with Crippen LogP contribution in [0.4, 0.5) is 0 Å². The van der Waals surface area contributed by atoms with E-state index in [-0.39, 0.29) is 5.60 Å². The van der Waals surface area contributed by atoms with E-state index in [4.69, 9.17) is 4.43 Å². The summed E-state index contributed by atoms with van der Waals surface area (Å²) in [5.41, 5.74) is 0.190. The van der Waals surface area contributed by atoms with Crippen molar-refractivity contribution in [1.29, 1.82) is 0 Å². The van der Waals surface area contributed by atoms with E-state index in [1.165, 1.54) is 12.5 Å². The van der Waals surface area contributed by atoms with Crippen LogP contribution in [0.3, 0.4) is 0 Å². The third-order valence-corrected chi connectivity index (χ3v) is 4.44. The highest BCUT2D eigenvalue weighted by Crippen LogP contribution is 2.34. The second-order valence-electron chi connectivity index (χ2n) is 4.12. The van der Waals surface area contributed by atoms with Crippen LogP contribution in [0, 0.1) is 0 Å². The molecule has 54 valence electrons. The maximum absolute atomic E-state index is 5.88. The first kappa shape index (κ1) is 7.29. The lowest BCUT2D eigenvalue weighted by Crippen LogP contribution is -2.29. The van der Waals surface area contributed by atoms with E-state index in [0.717, 1.165) is 0 Å². The van der Waals surface area contributed by atoms with Gasteiger partial charge in [0.25, 0.3) is 0 Å². The van der Waals surface area contributed by atoms with E-state index >= 15 is 0 Å². The van der Waals surface area contributed by atoms with Gasteiger partial charge in [-0.05, 0) is 39.4 Å².